The van der Waals surface area contributed by atoms with Crippen LogP contribution in [-0.4, -0.2) is 17.0 Å². The third-order valence-electron chi connectivity index (χ3n) is 4.71. The van der Waals surface area contributed by atoms with E-state index in [9.17, 15) is 14.7 Å². The van der Waals surface area contributed by atoms with E-state index in [1.807, 2.05) is 60.7 Å². The lowest BCUT2D eigenvalue weighted by molar-refractivity contribution is 0.0698. The Hall–Kier alpha value is -4.38. The van der Waals surface area contributed by atoms with Gasteiger partial charge < -0.3 is 15.2 Å². The fourth-order valence-corrected chi connectivity index (χ4v) is 3.24. The summed E-state index contributed by atoms with van der Waals surface area (Å²) in [6, 6.07) is 30.4. The lowest BCUT2D eigenvalue weighted by Crippen LogP contribution is -2.16. The second-order valence-corrected chi connectivity index (χ2v) is 6.79. The highest BCUT2D eigenvalue weighted by molar-refractivity contribution is 6.11. The fourth-order valence-electron chi connectivity index (χ4n) is 3.24. The number of amides is 1. The van der Waals surface area contributed by atoms with Crippen molar-refractivity contribution >= 4 is 17.6 Å². The van der Waals surface area contributed by atoms with Gasteiger partial charge in [0.2, 0.25) is 0 Å². The third-order valence-corrected chi connectivity index (χ3v) is 4.71. The van der Waals surface area contributed by atoms with Gasteiger partial charge in [0.15, 0.2) is 0 Å². The first-order valence-corrected chi connectivity index (χ1v) is 9.68. The van der Waals surface area contributed by atoms with E-state index in [1.54, 1.807) is 30.3 Å². The summed E-state index contributed by atoms with van der Waals surface area (Å²) in [5, 5.41) is 12.3. The smallest absolute Gasteiger partial charge is 0.337 e. The molecular weight excluding hydrogens is 390 g/mol. The molecule has 0 aliphatic rings. The quantitative estimate of drug-likeness (QED) is 0.404. The SMILES string of the molecule is O=C(O)c1ccc(Oc2ccccc2)cc1NC(=O)c1ccccc1-c1ccccc1. The number of anilines is 1. The van der Waals surface area contributed by atoms with Crippen LogP contribution in [0.1, 0.15) is 20.7 Å². The maximum atomic E-state index is 13.1. The standard InChI is InChI=1S/C26H19NO4/c28-25(22-14-8-7-13-21(22)18-9-3-1-4-10-18)27-24-17-20(15-16-23(24)26(29)30)31-19-11-5-2-6-12-19/h1-17H,(H,27,28)(H,29,30). The molecule has 4 aromatic rings. The van der Waals surface area contributed by atoms with Gasteiger partial charge in [-0.25, -0.2) is 4.79 Å². The van der Waals surface area contributed by atoms with Crippen molar-refractivity contribution in [3.05, 3.63) is 114 Å². The lowest BCUT2D eigenvalue weighted by atomic mass is 9.99. The average Bonchev–Trinajstić information content (AvgIpc) is 2.80. The van der Waals surface area contributed by atoms with Crippen LogP contribution >= 0.6 is 0 Å². The number of carboxylic acid groups (broad SMARTS) is 1. The summed E-state index contributed by atoms with van der Waals surface area (Å²) in [4.78, 5) is 24.8. The van der Waals surface area contributed by atoms with Crippen molar-refractivity contribution < 1.29 is 19.4 Å². The molecule has 0 unspecified atom stereocenters. The van der Waals surface area contributed by atoms with Crippen LogP contribution in [0.25, 0.3) is 11.1 Å². The molecule has 0 radical (unpaired) electrons. The third kappa shape index (κ3) is 4.62. The maximum Gasteiger partial charge on any atom is 0.337 e. The highest BCUT2D eigenvalue weighted by Gasteiger charge is 2.17. The van der Waals surface area contributed by atoms with Crippen molar-refractivity contribution in [3.8, 4) is 22.6 Å². The number of para-hydroxylation sites is 1. The fraction of sp³-hybridized carbons (Fsp3) is 0. The number of carboxylic acids is 1. The number of ether oxygens (including phenoxy) is 1. The zero-order valence-electron chi connectivity index (χ0n) is 16.5. The second-order valence-electron chi connectivity index (χ2n) is 6.79. The van der Waals surface area contributed by atoms with E-state index in [2.05, 4.69) is 5.32 Å². The molecule has 0 bridgehead atoms. The van der Waals surface area contributed by atoms with Crippen molar-refractivity contribution in [3.63, 3.8) is 0 Å². The summed E-state index contributed by atoms with van der Waals surface area (Å²) in [6.07, 6.45) is 0. The number of hydrogen-bond donors (Lipinski definition) is 2. The van der Waals surface area contributed by atoms with Crippen molar-refractivity contribution in [1.82, 2.24) is 0 Å². The Labute approximate surface area is 179 Å². The minimum atomic E-state index is -1.14. The Morgan fingerprint density at radius 2 is 1.32 bits per heavy atom. The Balaban J connectivity index is 1.66. The number of hydrogen-bond acceptors (Lipinski definition) is 3. The van der Waals surface area contributed by atoms with E-state index in [-0.39, 0.29) is 11.3 Å². The highest BCUT2D eigenvalue weighted by atomic mass is 16.5. The zero-order chi connectivity index (χ0) is 21.6. The van der Waals surface area contributed by atoms with Crippen molar-refractivity contribution in [1.29, 1.82) is 0 Å². The molecule has 5 heteroatoms. The normalized spacial score (nSPS) is 10.3. The number of benzene rings is 4. The summed E-state index contributed by atoms with van der Waals surface area (Å²) in [5.74, 6) is -0.517. The van der Waals surface area contributed by atoms with Gasteiger partial charge in [0.1, 0.15) is 11.5 Å². The molecule has 0 aliphatic heterocycles. The molecule has 4 aromatic carbocycles. The Morgan fingerprint density at radius 3 is 2.03 bits per heavy atom. The Morgan fingerprint density at radius 1 is 0.677 bits per heavy atom. The summed E-state index contributed by atoms with van der Waals surface area (Å²) in [6.45, 7) is 0. The van der Waals surface area contributed by atoms with Crippen LogP contribution in [0.5, 0.6) is 11.5 Å². The molecule has 0 spiro atoms. The summed E-state index contributed by atoms with van der Waals surface area (Å²) in [5.41, 5.74) is 2.24. The van der Waals surface area contributed by atoms with Gasteiger partial charge in [0.05, 0.1) is 11.3 Å². The number of aromatic carboxylic acids is 1. The van der Waals surface area contributed by atoms with Gasteiger partial charge in [0.25, 0.3) is 5.91 Å². The first-order chi connectivity index (χ1) is 15.1. The Bertz CT molecular complexity index is 1220. The highest BCUT2D eigenvalue weighted by Crippen LogP contribution is 2.29. The molecule has 0 aromatic heterocycles. The molecule has 31 heavy (non-hydrogen) atoms. The van der Waals surface area contributed by atoms with Crippen molar-refractivity contribution in [2.24, 2.45) is 0 Å². The molecule has 0 saturated carbocycles. The molecular formula is C26H19NO4. The summed E-state index contributed by atoms with van der Waals surface area (Å²) < 4.78 is 5.79. The van der Waals surface area contributed by atoms with E-state index < -0.39 is 11.9 Å². The van der Waals surface area contributed by atoms with Gasteiger partial charge in [-0.1, -0.05) is 66.7 Å². The van der Waals surface area contributed by atoms with Gasteiger partial charge in [-0.05, 0) is 41.5 Å². The number of nitrogens with one attached hydrogen (secondary N) is 1. The maximum absolute atomic E-state index is 13.1. The topological polar surface area (TPSA) is 75.6 Å². The van der Waals surface area contributed by atoms with Crippen LogP contribution in [0.15, 0.2) is 103 Å². The minimum absolute atomic E-state index is 0.0223. The van der Waals surface area contributed by atoms with E-state index >= 15 is 0 Å². The van der Waals surface area contributed by atoms with Gasteiger partial charge in [0, 0.05) is 11.6 Å². The molecule has 0 fully saturated rings. The Kier molecular flexibility index (Phi) is 5.76. The molecule has 152 valence electrons. The largest absolute Gasteiger partial charge is 0.478 e. The number of carbonyl (C=O) groups excluding carboxylic acids is 1. The predicted octanol–water partition coefficient (Wildman–Crippen LogP) is 6.10. The van der Waals surface area contributed by atoms with E-state index in [0.29, 0.717) is 17.1 Å². The molecule has 0 heterocycles. The number of carbonyl (C=O) groups is 2. The van der Waals surface area contributed by atoms with Crippen LogP contribution in [0.2, 0.25) is 0 Å². The molecule has 0 saturated heterocycles. The molecule has 2 N–H and O–H groups in total. The summed E-state index contributed by atoms with van der Waals surface area (Å²) >= 11 is 0. The van der Waals surface area contributed by atoms with E-state index in [1.165, 1.54) is 12.1 Å². The van der Waals surface area contributed by atoms with Crippen LogP contribution in [0.3, 0.4) is 0 Å². The van der Waals surface area contributed by atoms with Gasteiger partial charge in [-0.3, -0.25) is 4.79 Å². The first-order valence-electron chi connectivity index (χ1n) is 9.68. The van der Waals surface area contributed by atoms with Crippen LogP contribution in [0, 0.1) is 0 Å². The molecule has 5 nitrogen and oxygen atoms in total. The minimum Gasteiger partial charge on any atom is -0.478 e. The van der Waals surface area contributed by atoms with Crippen LogP contribution in [0.4, 0.5) is 5.69 Å². The second kappa shape index (κ2) is 8.97. The summed E-state index contributed by atoms with van der Waals surface area (Å²) in [7, 11) is 0. The zero-order valence-corrected chi connectivity index (χ0v) is 16.5. The lowest BCUT2D eigenvalue weighted by Gasteiger charge is -2.14. The molecule has 0 aliphatic carbocycles. The van der Waals surface area contributed by atoms with Crippen molar-refractivity contribution in [2.45, 2.75) is 0 Å². The first kappa shape index (κ1) is 19.9. The molecule has 4 rings (SSSR count). The molecule has 0 atom stereocenters. The van der Waals surface area contributed by atoms with Crippen LogP contribution in [-0.2, 0) is 0 Å². The van der Waals surface area contributed by atoms with Gasteiger partial charge in [-0.15, -0.1) is 0 Å². The number of rotatable bonds is 6. The van der Waals surface area contributed by atoms with E-state index in [4.69, 9.17) is 4.74 Å². The van der Waals surface area contributed by atoms with Crippen molar-refractivity contribution in [2.75, 3.05) is 5.32 Å². The van der Waals surface area contributed by atoms with E-state index in [0.717, 1.165) is 11.1 Å². The van der Waals surface area contributed by atoms with Gasteiger partial charge in [-0.2, -0.15) is 0 Å². The van der Waals surface area contributed by atoms with Gasteiger partial charge >= 0.3 is 5.97 Å². The average molecular weight is 409 g/mol. The monoisotopic (exact) mass is 409 g/mol. The van der Waals surface area contributed by atoms with Crippen LogP contribution < -0.4 is 10.1 Å². The predicted molar refractivity (Wildman–Crippen MR) is 120 cm³/mol. The molecule has 1 amide bonds.